The van der Waals surface area contributed by atoms with Crippen LogP contribution in [0.15, 0.2) is 54.9 Å². The van der Waals surface area contributed by atoms with Gasteiger partial charge in [0.25, 0.3) is 11.8 Å². The average Bonchev–Trinajstić information content (AvgIpc) is 3.41. The van der Waals surface area contributed by atoms with Gasteiger partial charge in [-0.05, 0) is 29.2 Å². The normalized spacial score (nSPS) is 12.5. The summed E-state index contributed by atoms with van der Waals surface area (Å²) in [5.41, 5.74) is 11.3. The van der Waals surface area contributed by atoms with Crippen LogP contribution < -0.4 is 15.4 Å². The molecule has 0 spiro atoms. The van der Waals surface area contributed by atoms with E-state index in [4.69, 9.17) is 10.5 Å². The van der Waals surface area contributed by atoms with Gasteiger partial charge in [-0.15, -0.1) is 6.04 Å². The van der Waals surface area contributed by atoms with Crippen molar-refractivity contribution in [2.24, 2.45) is 0 Å². The molecule has 0 bridgehead atoms. The molecule has 0 saturated carbocycles. The Morgan fingerprint density at radius 3 is 2.23 bits per heavy atom. The number of ketones is 1. The summed E-state index contributed by atoms with van der Waals surface area (Å²) in [7, 11) is 0. The van der Waals surface area contributed by atoms with Crippen LogP contribution in [0.1, 0.15) is 80.6 Å². The molecule has 4 rings (SSSR count). The van der Waals surface area contributed by atoms with Gasteiger partial charge in [0.1, 0.15) is 23.5 Å². The Hall–Kier alpha value is -3.01. The van der Waals surface area contributed by atoms with E-state index in [0.29, 0.717) is 25.1 Å². The van der Waals surface area contributed by atoms with E-state index in [2.05, 4.69) is 20.6 Å². The van der Waals surface area contributed by atoms with Crippen LogP contribution in [0.5, 0.6) is 5.75 Å². The third kappa shape index (κ3) is 9.02. The zero-order chi connectivity index (χ0) is 26.9. The zero-order valence-electron chi connectivity index (χ0n) is 22.0. The quantitative estimate of drug-likeness (QED) is 0.232. The van der Waals surface area contributed by atoms with Crippen molar-refractivity contribution in [2.75, 3.05) is 6.61 Å². The molecule has 2 aromatic carbocycles. The second kappa shape index (κ2) is 15.0. The van der Waals surface area contributed by atoms with E-state index in [1.54, 1.807) is 12.1 Å². The van der Waals surface area contributed by atoms with Gasteiger partial charge in [-0.25, -0.2) is 9.97 Å². The van der Waals surface area contributed by atoms with Gasteiger partial charge in [0.05, 0.1) is 6.61 Å². The molecular weight excluding hydrogens is 571 g/mol. The number of Topliss-reactive ketones (excluding diaryl/α,β-unsaturated/α-hetero) is 1. The maximum absolute atomic E-state index is 12.6. The minimum atomic E-state index is -0.427. The van der Waals surface area contributed by atoms with Crippen LogP contribution >= 0.6 is 0 Å². The third-order valence-corrected chi connectivity index (χ3v) is 6.36. The van der Waals surface area contributed by atoms with Gasteiger partial charge >= 0.3 is 0 Å². The minimum absolute atomic E-state index is 0. The van der Waals surface area contributed by atoms with Gasteiger partial charge in [0.15, 0.2) is 5.78 Å². The summed E-state index contributed by atoms with van der Waals surface area (Å²) in [5, 5.41) is 5.62. The summed E-state index contributed by atoms with van der Waals surface area (Å²) >= 11 is 0. The number of hydrogen-bond acceptors (Lipinski definition) is 6. The number of carbonyl (C=O) groups excluding carboxylic acids is 3. The largest absolute Gasteiger partial charge is 0.675 e. The fraction of sp³-hybridized carbons (Fsp3) is 0.345. The number of aromatic nitrogens is 2. The van der Waals surface area contributed by atoms with Crippen LogP contribution in [0.25, 0.3) is 5.73 Å². The molecule has 39 heavy (non-hydrogen) atoms. The predicted molar refractivity (Wildman–Crippen MR) is 143 cm³/mol. The summed E-state index contributed by atoms with van der Waals surface area (Å²) in [6, 6.07) is 14.2. The fourth-order valence-electron chi connectivity index (χ4n) is 4.19. The molecule has 2 heterocycles. The maximum atomic E-state index is 12.6. The van der Waals surface area contributed by atoms with E-state index in [-0.39, 0.29) is 62.5 Å². The second-order valence-electron chi connectivity index (χ2n) is 9.46. The molecule has 3 aromatic rings. The van der Waals surface area contributed by atoms with Crippen molar-refractivity contribution in [2.45, 2.75) is 58.2 Å². The zero-order valence-corrected chi connectivity index (χ0v) is 24.9. The molecular formula is C29H32N5O4Y-. The van der Waals surface area contributed by atoms with E-state index in [0.717, 1.165) is 48.1 Å². The van der Waals surface area contributed by atoms with Crippen molar-refractivity contribution < 1.29 is 51.8 Å². The summed E-state index contributed by atoms with van der Waals surface area (Å²) in [4.78, 5) is 45.6. The Morgan fingerprint density at radius 1 is 0.923 bits per heavy atom. The molecule has 0 fully saturated rings. The van der Waals surface area contributed by atoms with Crippen molar-refractivity contribution in [3.63, 3.8) is 0 Å². The Bertz CT molecular complexity index is 1300. The molecule has 1 aliphatic heterocycles. The van der Waals surface area contributed by atoms with E-state index in [9.17, 15) is 14.4 Å². The molecule has 10 heteroatoms. The first kappa shape index (κ1) is 30.5. The number of nitrogens with one attached hydrogen (secondary N) is 3. The molecule has 2 amide bonds. The van der Waals surface area contributed by atoms with Crippen LogP contribution in [0.4, 0.5) is 0 Å². The van der Waals surface area contributed by atoms with Crippen molar-refractivity contribution in [1.29, 1.82) is 0 Å². The average molecular weight is 604 g/mol. The van der Waals surface area contributed by atoms with E-state index >= 15 is 0 Å². The fourth-order valence-corrected chi connectivity index (χ4v) is 4.19. The second-order valence-corrected chi connectivity index (χ2v) is 9.46. The Labute approximate surface area is 253 Å². The molecule has 3 N–H and O–H groups in total. The number of ether oxygens (including phenoxy) is 1. The van der Waals surface area contributed by atoms with Crippen molar-refractivity contribution >= 4 is 17.6 Å². The first-order valence-corrected chi connectivity index (χ1v) is 12.9. The topological polar surface area (TPSA) is 134 Å². The van der Waals surface area contributed by atoms with Crippen LogP contribution in [-0.2, 0) is 52.2 Å². The Morgan fingerprint density at radius 2 is 1.56 bits per heavy atom. The van der Waals surface area contributed by atoms with Crippen LogP contribution in [0, 0.1) is 0 Å². The van der Waals surface area contributed by atoms with Gasteiger partial charge in [0.2, 0.25) is 0 Å². The molecule has 201 valence electrons. The van der Waals surface area contributed by atoms with Gasteiger partial charge in [-0.1, -0.05) is 56.2 Å². The van der Waals surface area contributed by atoms with Crippen molar-refractivity contribution in [3.8, 4) is 5.75 Å². The van der Waals surface area contributed by atoms with Crippen molar-refractivity contribution in [1.82, 2.24) is 20.6 Å². The van der Waals surface area contributed by atoms with Crippen LogP contribution in [-0.4, -0.2) is 40.2 Å². The summed E-state index contributed by atoms with van der Waals surface area (Å²) in [5.74, 6) is 0.143. The first-order chi connectivity index (χ1) is 18.4. The minimum Gasteiger partial charge on any atom is -0.675 e. The number of rotatable bonds is 12. The number of hydrogen-bond donors (Lipinski definition) is 2. The molecule has 0 saturated heterocycles. The summed E-state index contributed by atoms with van der Waals surface area (Å²) in [6.07, 6.45) is 4.98. The molecule has 1 atom stereocenters. The first-order valence-electron chi connectivity index (χ1n) is 12.9. The number of fused-ring (bicyclic) bond motifs is 1. The smallest absolute Gasteiger partial charge is 0.270 e. The molecule has 1 aromatic heterocycles. The van der Waals surface area contributed by atoms with Gasteiger partial charge in [0, 0.05) is 70.3 Å². The van der Waals surface area contributed by atoms with Gasteiger partial charge in [-0.3, -0.25) is 14.4 Å². The van der Waals surface area contributed by atoms with Gasteiger partial charge < -0.3 is 21.1 Å². The monoisotopic (exact) mass is 603 g/mol. The molecule has 1 aliphatic rings. The van der Waals surface area contributed by atoms with E-state index in [1.165, 1.54) is 12.4 Å². The molecule has 9 nitrogen and oxygen atoms in total. The van der Waals surface area contributed by atoms with E-state index < -0.39 is 11.8 Å². The number of amides is 2. The maximum Gasteiger partial charge on any atom is 0.270 e. The number of unbranched alkanes of at least 4 members (excludes halogenated alkanes) is 1. The van der Waals surface area contributed by atoms with Crippen LogP contribution in [0.3, 0.4) is 0 Å². The Kier molecular flexibility index (Phi) is 11.7. The standard InChI is InChI=1S/C29H32N5O4.Y/c1-19(30)4-2-3-5-26(35)22-9-6-20(7-10-22)16-31-28(36)24-15-25(34-18-33-24)29(37)32-17-21-8-11-27-23(14-21)12-13-38-27;/h6-11,14-15,18-19,30H,2-5,12-13,16-17H2,1H3,(H,31,36)(H,32,37);/q-1;. The molecule has 0 aliphatic carbocycles. The predicted octanol–water partition coefficient (Wildman–Crippen LogP) is 4.45. The third-order valence-electron chi connectivity index (χ3n) is 6.36. The Balaban J connectivity index is 0.00000420. The number of benzene rings is 2. The summed E-state index contributed by atoms with van der Waals surface area (Å²) in [6.45, 7) is 3.12. The molecule has 1 unspecified atom stereocenters. The number of carbonyl (C=O) groups is 3. The SMILES string of the molecule is CC([NH-])CCCCC(=O)c1ccc(CNC(=O)c2cc(C(=O)NCc3ccc4c(c3)CCO4)ncn2)cc1.[Y]. The van der Waals surface area contributed by atoms with Gasteiger partial charge in [-0.2, -0.15) is 0 Å². The number of nitrogens with zero attached hydrogens (tertiary/aromatic N) is 2. The van der Waals surface area contributed by atoms with Crippen LogP contribution in [0.2, 0.25) is 0 Å². The van der Waals surface area contributed by atoms with Crippen molar-refractivity contribution in [3.05, 3.63) is 94.2 Å². The summed E-state index contributed by atoms with van der Waals surface area (Å²) < 4.78 is 5.51. The van der Waals surface area contributed by atoms with E-state index in [1.807, 2.05) is 37.3 Å². The molecule has 1 radical (unpaired) electrons.